The lowest BCUT2D eigenvalue weighted by molar-refractivity contribution is -0.164. The third kappa shape index (κ3) is 4.95. The Morgan fingerprint density at radius 1 is 1.04 bits per heavy atom. The summed E-state index contributed by atoms with van der Waals surface area (Å²) >= 11 is 0. The summed E-state index contributed by atoms with van der Waals surface area (Å²) in [6.45, 7) is 7.23. The van der Waals surface area contributed by atoms with Gasteiger partial charge in [-0.05, 0) is 18.2 Å². The summed E-state index contributed by atoms with van der Waals surface area (Å²) in [7, 11) is 1.80. The maximum atomic E-state index is 12.2. The van der Waals surface area contributed by atoms with Crippen molar-refractivity contribution in [1.82, 2.24) is 5.32 Å². The van der Waals surface area contributed by atoms with E-state index in [0.29, 0.717) is 6.42 Å². The van der Waals surface area contributed by atoms with Crippen molar-refractivity contribution in [1.29, 1.82) is 0 Å². The van der Waals surface area contributed by atoms with E-state index in [0.717, 1.165) is 11.1 Å². The Bertz CT molecular complexity index is 603. The number of halogens is 1. The molecule has 2 rings (SSSR count). The van der Waals surface area contributed by atoms with E-state index >= 15 is 0 Å². The molecule has 3 atom stereocenters. The Morgan fingerprint density at radius 3 is 2.16 bits per heavy atom. The molecule has 3 unspecified atom stereocenters. The van der Waals surface area contributed by atoms with Crippen LogP contribution in [0.3, 0.4) is 0 Å². The second-order valence-corrected chi connectivity index (χ2v) is 6.86. The number of likely N-dealkylation sites (N-methyl/N-ethyl adjacent to an activating group) is 1. The van der Waals surface area contributed by atoms with Crippen molar-refractivity contribution < 1.29 is 19.1 Å². The number of rotatable bonds is 5. The Labute approximate surface area is 155 Å². The van der Waals surface area contributed by atoms with E-state index in [4.69, 9.17) is 9.47 Å². The summed E-state index contributed by atoms with van der Waals surface area (Å²) < 4.78 is 11.5. The maximum absolute atomic E-state index is 12.2. The number of hydrogen-bond donors (Lipinski definition) is 1. The molecule has 1 aliphatic carbocycles. The van der Waals surface area contributed by atoms with E-state index in [1.165, 1.54) is 0 Å². The zero-order valence-electron chi connectivity index (χ0n) is 15.4. The minimum absolute atomic E-state index is 0. The van der Waals surface area contributed by atoms with Crippen molar-refractivity contribution in [2.75, 3.05) is 7.05 Å². The lowest BCUT2D eigenvalue weighted by Gasteiger charge is -2.38. The summed E-state index contributed by atoms with van der Waals surface area (Å²) in [5.41, 5.74) is 2.02. The van der Waals surface area contributed by atoms with E-state index < -0.39 is 6.10 Å². The molecule has 25 heavy (non-hydrogen) atoms. The van der Waals surface area contributed by atoms with Crippen LogP contribution in [0, 0.1) is 11.8 Å². The van der Waals surface area contributed by atoms with Crippen LogP contribution in [0.1, 0.15) is 44.9 Å². The number of benzene rings is 1. The first-order chi connectivity index (χ1) is 11.3. The first-order valence-electron chi connectivity index (χ1n) is 8.51. The fraction of sp³-hybridized carbons (Fsp3) is 0.579. The van der Waals surface area contributed by atoms with Crippen LogP contribution in [0.25, 0.3) is 0 Å². The monoisotopic (exact) mass is 369 g/mol. The third-order valence-corrected chi connectivity index (χ3v) is 4.30. The highest BCUT2D eigenvalue weighted by atomic mass is 35.5. The van der Waals surface area contributed by atoms with E-state index in [1.807, 2.05) is 52.0 Å². The first kappa shape index (κ1) is 21.5. The number of fused-ring (bicyclic) bond motifs is 1. The van der Waals surface area contributed by atoms with Gasteiger partial charge >= 0.3 is 11.9 Å². The van der Waals surface area contributed by atoms with Crippen molar-refractivity contribution in [3.63, 3.8) is 0 Å². The smallest absolute Gasteiger partial charge is 0.309 e. The van der Waals surface area contributed by atoms with Crippen LogP contribution in [-0.4, -0.2) is 31.1 Å². The summed E-state index contributed by atoms with van der Waals surface area (Å²) in [5, 5.41) is 3.18. The van der Waals surface area contributed by atoms with Gasteiger partial charge in [-0.3, -0.25) is 9.59 Å². The Morgan fingerprint density at radius 2 is 1.60 bits per heavy atom. The molecule has 0 saturated carbocycles. The number of hydrogen-bond acceptors (Lipinski definition) is 5. The average molecular weight is 370 g/mol. The van der Waals surface area contributed by atoms with Crippen molar-refractivity contribution in [3.8, 4) is 0 Å². The van der Waals surface area contributed by atoms with Crippen LogP contribution in [0.15, 0.2) is 24.3 Å². The molecule has 1 aromatic rings. The lowest BCUT2D eigenvalue weighted by Crippen LogP contribution is -2.50. The van der Waals surface area contributed by atoms with Gasteiger partial charge in [-0.2, -0.15) is 0 Å². The molecule has 1 aromatic carbocycles. The van der Waals surface area contributed by atoms with Gasteiger partial charge in [-0.1, -0.05) is 52.0 Å². The predicted molar refractivity (Wildman–Crippen MR) is 98.6 cm³/mol. The fourth-order valence-electron chi connectivity index (χ4n) is 2.87. The zero-order valence-corrected chi connectivity index (χ0v) is 16.3. The zero-order chi connectivity index (χ0) is 17.9. The molecule has 0 saturated heterocycles. The quantitative estimate of drug-likeness (QED) is 0.808. The molecule has 0 radical (unpaired) electrons. The Hall–Kier alpha value is -1.59. The van der Waals surface area contributed by atoms with Gasteiger partial charge in [0, 0.05) is 6.42 Å². The normalized spacial score (nSPS) is 22.1. The van der Waals surface area contributed by atoms with Gasteiger partial charge in [0.25, 0.3) is 0 Å². The van der Waals surface area contributed by atoms with Crippen molar-refractivity contribution in [2.24, 2.45) is 11.8 Å². The van der Waals surface area contributed by atoms with E-state index in [9.17, 15) is 9.59 Å². The molecule has 5 nitrogen and oxygen atoms in total. The molecule has 0 aromatic heterocycles. The van der Waals surface area contributed by atoms with Gasteiger partial charge in [-0.15, -0.1) is 12.4 Å². The predicted octanol–water partition coefficient (Wildman–Crippen LogP) is 3.06. The van der Waals surface area contributed by atoms with Crippen molar-refractivity contribution in [3.05, 3.63) is 35.4 Å². The summed E-state index contributed by atoms with van der Waals surface area (Å²) in [4.78, 5) is 24.2. The van der Waals surface area contributed by atoms with Crippen LogP contribution in [0.2, 0.25) is 0 Å². The molecular formula is C19H28ClNO4. The molecule has 140 valence electrons. The highest BCUT2D eigenvalue weighted by Gasteiger charge is 2.40. The highest BCUT2D eigenvalue weighted by Crippen LogP contribution is 2.35. The van der Waals surface area contributed by atoms with Crippen molar-refractivity contribution >= 4 is 24.3 Å². The summed E-state index contributed by atoms with van der Waals surface area (Å²) in [6, 6.07) is 7.57. The van der Waals surface area contributed by atoms with E-state index in [-0.39, 0.29) is 48.3 Å². The molecule has 1 aliphatic rings. The van der Waals surface area contributed by atoms with Gasteiger partial charge < -0.3 is 14.8 Å². The molecular weight excluding hydrogens is 342 g/mol. The van der Waals surface area contributed by atoms with Crippen LogP contribution in [0.5, 0.6) is 0 Å². The highest BCUT2D eigenvalue weighted by molar-refractivity contribution is 5.85. The van der Waals surface area contributed by atoms with Gasteiger partial charge in [-0.25, -0.2) is 0 Å². The molecule has 0 fully saturated rings. The third-order valence-electron chi connectivity index (χ3n) is 4.30. The Balaban J connectivity index is 0.00000312. The molecule has 0 spiro atoms. The molecule has 0 bridgehead atoms. The minimum Gasteiger partial charge on any atom is -0.460 e. The first-order valence-corrected chi connectivity index (χ1v) is 8.51. The molecule has 0 aliphatic heterocycles. The van der Waals surface area contributed by atoms with Crippen molar-refractivity contribution in [2.45, 2.75) is 52.4 Å². The van der Waals surface area contributed by atoms with Gasteiger partial charge in [0.1, 0.15) is 12.2 Å². The van der Waals surface area contributed by atoms with Gasteiger partial charge in [0.05, 0.1) is 17.9 Å². The number of carbonyl (C=O) groups is 2. The fourth-order valence-corrected chi connectivity index (χ4v) is 2.87. The second kappa shape index (κ2) is 9.20. The average Bonchev–Trinajstić information content (AvgIpc) is 2.54. The molecule has 1 N–H and O–H groups in total. The van der Waals surface area contributed by atoms with Crippen LogP contribution >= 0.6 is 12.4 Å². The second-order valence-electron chi connectivity index (χ2n) is 6.86. The maximum Gasteiger partial charge on any atom is 0.309 e. The van der Waals surface area contributed by atoms with E-state index in [1.54, 1.807) is 7.05 Å². The molecule has 6 heteroatoms. The molecule has 0 amide bonds. The number of esters is 2. The Kier molecular flexibility index (Phi) is 7.90. The minimum atomic E-state index is -0.472. The number of ether oxygens (including phenoxy) is 2. The number of carbonyl (C=O) groups excluding carboxylic acids is 2. The van der Waals surface area contributed by atoms with Gasteiger partial charge in [0.2, 0.25) is 0 Å². The molecule has 0 heterocycles. The standard InChI is InChI=1S/C19H27NO4.ClH/c1-11(2)18(21)23-15-10-13-8-6-7-9-14(13)17(16(15)20-5)24-19(22)12(3)4;/h6-9,11-12,15-17,20H,10H2,1-5H3;1H. The SMILES string of the molecule is CNC1C(OC(=O)C(C)C)Cc2ccccc2C1OC(=O)C(C)C.Cl. The van der Waals surface area contributed by atoms with Crippen LogP contribution < -0.4 is 5.32 Å². The summed E-state index contributed by atoms with van der Waals surface area (Å²) in [5.74, 6) is -0.913. The van der Waals surface area contributed by atoms with E-state index in [2.05, 4.69) is 5.32 Å². The number of nitrogens with one attached hydrogen (secondary N) is 1. The lowest BCUT2D eigenvalue weighted by atomic mass is 9.83. The largest absolute Gasteiger partial charge is 0.460 e. The van der Waals surface area contributed by atoms with Gasteiger partial charge in [0.15, 0.2) is 0 Å². The van der Waals surface area contributed by atoms with Crippen LogP contribution in [0.4, 0.5) is 0 Å². The summed E-state index contributed by atoms with van der Waals surface area (Å²) in [6.07, 6.45) is -0.236. The van der Waals surface area contributed by atoms with Crippen LogP contribution in [-0.2, 0) is 25.5 Å². The topological polar surface area (TPSA) is 64.6 Å².